The van der Waals surface area contributed by atoms with Crippen molar-refractivity contribution in [3.63, 3.8) is 0 Å². The summed E-state index contributed by atoms with van der Waals surface area (Å²) in [6, 6.07) is 7.34. The van der Waals surface area contributed by atoms with Crippen LogP contribution in [0, 0.1) is 6.92 Å². The average molecular weight is 403 g/mol. The van der Waals surface area contributed by atoms with Gasteiger partial charge < -0.3 is 10.1 Å². The molecule has 0 bridgehead atoms. The van der Waals surface area contributed by atoms with E-state index in [4.69, 9.17) is 4.74 Å². The van der Waals surface area contributed by atoms with Crippen LogP contribution in [0.3, 0.4) is 0 Å². The maximum atomic E-state index is 12.6. The molecule has 0 saturated heterocycles. The monoisotopic (exact) mass is 402 g/mol. The molecule has 9 heteroatoms. The summed E-state index contributed by atoms with van der Waals surface area (Å²) in [7, 11) is 0. The Balaban J connectivity index is 1.71. The molecule has 0 fully saturated rings. The number of aromatic amines is 1. The fourth-order valence-corrected chi connectivity index (χ4v) is 4.03. The van der Waals surface area contributed by atoms with E-state index in [1.807, 2.05) is 30.5 Å². The van der Waals surface area contributed by atoms with Gasteiger partial charge in [0.25, 0.3) is 5.91 Å². The number of rotatable bonds is 7. The normalized spacial score (nSPS) is 10.6. The van der Waals surface area contributed by atoms with Crippen molar-refractivity contribution in [2.75, 3.05) is 11.9 Å². The van der Waals surface area contributed by atoms with Crippen LogP contribution in [0.4, 0.5) is 5.00 Å². The SMILES string of the molecule is CCOC(=O)c1c(C)csc1NC(=O)c1cccc(CSc2ncn[nH]2)c1. The van der Waals surface area contributed by atoms with Gasteiger partial charge >= 0.3 is 5.97 Å². The molecule has 2 N–H and O–H groups in total. The van der Waals surface area contributed by atoms with E-state index in [1.54, 1.807) is 13.0 Å². The number of benzene rings is 1. The lowest BCUT2D eigenvalue weighted by atomic mass is 10.1. The summed E-state index contributed by atoms with van der Waals surface area (Å²) in [6.07, 6.45) is 1.45. The summed E-state index contributed by atoms with van der Waals surface area (Å²) >= 11 is 2.81. The molecule has 2 aromatic heterocycles. The maximum absolute atomic E-state index is 12.6. The molecule has 0 unspecified atom stereocenters. The fraction of sp³-hybridized carbons (Fsp3) is 0.222. The van der Waals surface area contributed by atoms with Crippen molar-refractivity contribution in [2.24, 2.45) is 0 Å². The zero-order valence-corrected chi connectivity index (χ0v) is 16.4. The van der Waals surface area contributed by atoms with E-state index < -0.39 is 5.97 Å². The molecule has 27 heavy (non-hydrogen) atoms. The van der Waals surface area contributed by atoms with Gasteiger partial charge in [0.15, 0.2) is 5.16 Å². The van der Waals surface area contributed by atoms with Crippen LogP contribution >= 0.6 is 23.1 Å². The fourth-order valence-electron chi connectivity index (χ4n) is 2.39. The molecule has 140 valence electrons. The van der Waals surface area contributed by atoms with Crippen LogP contribution < -0.4 is 5.32 Å². The van der Waals surface area contributed by atoms with Crippen molar-refractivity contribution in [1.29, 1.82) is 0 Å². The third-order valence-electron chi connectivity index (χ3n) is 3.64. The van der Waals surface area contributed by atoms with Gasteiger partial charge in [0.1, 0.15) is 11.3 Å². The van der Waals surface area contributed by atoms with Crippen LogP contribution in [0.2, 0.25) is 0 Å². The first-order valence-electron chi connectivity index (χ1n) is 8.22. The molecular weight excluding hydrogens is 384 g/mol. The summed E-state index contributed by atoms with van der Waals surface area (Å²) in [6.45, 7) is 3.85. The Labute approximate surface area is 164 Å². The van der Waals surface area contributed by atoms with Gasteiger partial charge in [0.2, 0.25) is 0 Å². The van der Waals surface area contributed by atoms with E-state index in [-0.39, 0.29) is 12.5 Å². The van der Waals surface area contributed by atoms with Gasteiger partial charge in [-0.3, -0.25) is 9.89 Å². The van der Waals surface area contributed by atoms with E-state index in [0.717, 1.165) is 16.3 Å². The third-order valence-corrected chi connectivity index (χ3v) is 5.60. The summed E-state index contributed by atoms with van der Waals surface area (Å²) in [5.74, 6) is -0.0413. The number of nitrogens with one attached hydrogen (secondary N) is 2. The molecule has 0 aliphatic rings. The Morgan fingerprint density at radius 3 is 2.96 bits per heavy atom. The molecule has 3 rings (SSSR count). The number of aryl methyl sites for hydroxylation is 1. The first kappa shape index (κ1) is 19.1. The largest absolute Gasteiger partial charge is 0.462 e. The molecule has 0 atom stereocenters. The predicted octanol–water partition coefficient (Wildman–Crippen LogP) is 3.90. The average Bonchev–Trinajstić information content (AvgIpc) is 3.30. The minimum absolute atomic E-state index is 0.270. The van der Waals surface area contributed by atoms with Gasteiger partial charge in [0, 0.05) is 11.3 Å². The number of anilines is 1. The van der Waals surface area contributed by atoms with Crippen molar-refractivity contribution in [1.82, 2.24) is 15.2 Å². The lowest BCUT2D eigenvalue weighted by molar-refractivity contribution is 0.0527. The minimum atomic E-state index is -0.427. The van der Waals surface area contributed by atoms with Crippen LogP contribution in [0.15, 0.2) is 41.1 Å². The number of carbonyl (C=O) groups excluding carboxylic acids is 2. The molecule has 1 amide bonds. The highest BCUT2D eigenvalue weighted by Crippen LogP contribution is 2.29. The first-order chi connectivity index (χ1) is 13.1. The Hall–Kier alpha value is -2.65. The van der Waals surface area contributed by atoms with Gasteiger partial charge in [-0.15, -0.1) is 11.3 Å². The Morgan fingerprint density at radius 1 is 1.37 bits per heavy atom. The first-order valence-corrected chi connectivity index (χ1v) is 10.1. The second-order valence-corrected chi connectivity index (χ2v) is 7.42. The second kappa shape index (κ2) is 8.83. The van der Waals surface area contributed by atoms with Gasteiger partial charge in [-0.05, 0) is 42.5 Å². The van der Waals surface area contributed by atoms with E-state index >= 15 is 0 Å². The van der Waals surface area contributed by atoms with Crippen LogP contribution in [0.5, 0.6) is 0 Å². The van der Waals surface area contributed by atoms with E-state index in [9.17, 15) is 9.59 Å². The summed E-state index contributed by atoms with van der Waals surface area (Å²) in [5, 5.41) is 12.5. The number of nitrogens with zero attached hydrogens (tertiary/aromatic N) is 2. The van der Waals surface area contributed by atoms with Gasteiger partial charge in [-0.1, -0.05) is 23.9 Å². The number of hydrogen-bond acceptors (Lipinski definition) is 7. The number of thiophene rings is 1. The highest BCUT2D eigenvalue weighted by atomic mass is 32.2. The number of aromatic nitrogens is 3. The third kappa shape index (κ3) is 4.75. The topological polar surface area (TPSA) is 97.0 Å². The van der Waals surface area contributed by atoms with E-state index in [2.05, 4.69) is 20.5 Å². The molecule has 0 aliphatic heterocycles. The van der Waals surface area contributed by atoms with Crippen molar-refractivity contribution < 1.29 is 14.3 Å². The number of thioether (sulfide) groups is 1. The van der Waals surface area contributed by atoms with Crippen molar-refractivity contribution in [2.45, 2.75) is 24.8 Å². The summed E-state index contributed by atoms with van der Waals surface area (Å²) in [5.41, 5.74) is 2.70. The number of carbonyl (C=O) groups is 2. The lowest BCUT2D eigenvalue weighted by Gasteiger charge is -2.08. The van der Waals surface area contributed by atoms with Crippen molar-refractivity contribution in [3.8, 4) is 0 Å². The standard InChI is InChI=1S/C18H18N4O3S2/c1-3-25-17(24)14-11(2)8-26-16(14)21-15(23)13-6-4-5-12(7-13)9-27-18-19-10-20-22-18/h4-8,10H,3,9H2,1-2H3,(H,21,23)(H,19,20,22). The molecule has 3 aromatic rings. The Morgan fingerprint density at radius 2 is 2.22 bits per heavy atom. The van der Waals surface area contributed by atoms with Gasteiger partial charge in [-0.25, -0.2) is 9.78 Å². The van der Waals surface area contributed by atoms with E-state index in [1.165, 1.54) is 29.4 Å². The second-order valence-electron chi connectivity index (χ2n) is 5.58. The smallest absolute Gasteiger partial charge is 0.341 e. The quantitative estimate of drug-likeness (QED) is 0.460. The number of hydrogen-bond donors (Lipinski definition) is 2. The van der Waals surface area contributed by atoms with Crippen molar-refractivity contribution in [3.05, 3.63) is 58.2 Å². The molecule has 2 heterocycles. The molecule has 1 aromatic carbocycles. The zero-order valence-electron chi connectivity index (χ0n) is 14.8. The molecule has 0 spiro atoms. The number of ether oxygens (including phenoxy) is 1. The van der Waals surface area contributed by atoms with Crippen LogP contribution in [0.25, 0.3) is 0 Å². The Bertz CT molecular complexity index is 938. The lowest BCUT2D eigenvalue weighted by Crippen LogP contribution is -2.15. The molecular formula is C18H18N4O3S2. The Kier molecular flexibility index (Phi) is 6.25. The van der Waals surface area contributed by atoms with Crippen LogP contribution in [0.1, 0.15) is 38.8 Å². The van der Waals surface area contributed by atoms with E-state index in [0.29, 0.717) is 21.9 Å². The van der Waals surface area contributed by atoms with Gasteiger partial charge in [-0.2, -0.15) is 5.10 Å². The van der Waals surface area contributed by atoms with Crippen LogP contribution in [-0.4, -0.2) is 33.7 Å². The molecule has 0 radical (unpaired) electrons. The van der Waals surface area contributed by atoms with Crippen molar-refractivity contribution >= 4 is 40.0 Å². The molecule has 0 saturated carbocycles. The highest BCUT2D eigenvalue weighted by molar-refractivity contribution is 7.98. The molecule has 0 aliphatic carbocycles. The van der Waals surface area contributed by atoms with Crippen LogP contribution in [-0.2, 0) is 10.5 Å². The minimum Gasteiger partial charge on any atom is -0.462 e. The maximum Gasteiger partial charge on any atom is 0.341 e. The molecule has 7 nitrogen and oxygen atoms in total. The summed E-state index contributed by atoms with van der Waals surface area (Å²) < 4.78 is 5.08. The number of amides is 1. The van der Waals surface area contributed by atoms with Gasteiger partial charge in [0.05, 0.1) is 12.2 Å². The number of esters is 1. The summed E-state index contributed by atoms with van der Waals surface area (Å²) in [4.78, 5) is 28.8. The highest BCUT2D eigenvalue weighted by Gasteiger charge is 2.20. The predicted molar refractivity (Wildman–Crippen MR) is 105 cm³/mol. The zero-order chi connectivity index (χ0) is 19.2. The number of H-pyrrole nitrogens is 1.